The molecule has 0 aromatic heterocycles. The van der Waals surface area contributed by atoms with Gasteiger partial charge in [0.1, 0.15) is 11.6 Å². The molecule has 2 N–H and O–H groups in total. The molecular weight excluding hydrogens is 369 g/mol. The number of ether oxygens (including phenoxy) is 1. The summed E-state index contributed by atoms with van der Waals surface area (Å²) in [5.74, 6) is 0.410. The molecule has 7 heteroatoms. The molecule has 0 heterocycles. The Hall–Kier alpha value is -1.99. The van der Waals surface area contributed by atoms with E-state index in [9.17, 15) is 4.39 Å². The lowest BCUT2D eigenvalue weighted by Gasteiger charge is -2.08. The smallest absolute Gasteiger partial charge is 0.191 e. The molecule has 0 radical (unpaired) electrons. The molecule has 4 nitrogen and oxygen atoms in total. The first kappa shape index (κ1) is 16.4. The second kappa shape index (κ2) is 7.86. The monoisotopic (exact) mass is 381 g/mol. The average molecular weight is 382 g/mol. The lowest BCUT2D eigenvalue weighted by Crippen LogP contribution is -2.23. The summed E-state index contributed by atoms with van der Waals surface area (Å²) in [5, 5.41) is 7.32. The lowest BCUT2D eigenvalue weighted by molar-refractivity contribution is 0.415. The number of hydrogen-bond acceptors (Lipinski definition) is 3. The topological polar surface area (TPSA) is 45.6 Å². The number of hydrogen-bond donors (Lipinski definition) is 2. The van der Waals surface area contributed by atoms with Crippen LogP contribution in [0, 0.1) is 5.82 Å². The summed E-state index contributed by atoms with van der Waals surface area (Å²) in [6, 6.07) is 12.0. The van der Waals surface area contributed by atoms with Crippen LogP contribution in [0.4, 0.5) is 10.1 Å². The molecule has 0 bridgehead atoms. The van der Waals surface area contributed by atoms with Crippen molar-refractivity contribution < 1.29 is 9.13 Å². The Morgan fingerprint density at radius 2 is 2.14 bits per heavy atom. The zero-order valence-corrected chi connectivity index (χ0v) is 14.0. The summed E-state index contributed by atoms with van der Waals surface area (Å²) in [6.45, 7) is 0. The highest BCUT2D eigenvalue weighted by Crippen LogP contribution is 2.17. The zero-order valence-electron chi connectivity index (χ0n) is 11.6. The van der Waals surface area contributed by atoms with Crippen molar-refractivity contribution in [2.75, 3.05) is 12.4 Å². The van der Waals surface area contributed by atoms with E-state index < -0.39 is 0 Å². The normalized spacial score (nSPS) is 10.5. The number of halogens is 2. The van der Waals surface area contributed by atoms with Crippen molar-refractivity contribution in [3.63, 3.8) is 0 Å². The van der Waals surface area contributed by atoms with E-state index in [1.165, 1.54) is 6.07 Å². The Labute approximate surface area is 141 Å². The first-order chi connectivity index (χ1) is 10.6. The van der Waals surface area contributed by atoms with Gasteiger partial charge < -0.3 is 10.1 Å². The first-order valence-corrected chi connectivity index (χ1v) is 7.48. The van der Waals surface area contributed by atoms with Crippen LogP contribution in [0.25, 0.3) is 0 Å². The van der Waals surface area contributed by atoms with E-state index in [1.54, 1.807) is 25.5 Å². The van der Waals surface area contributed by atoms with Crippen LogP contribution in [0.15, 0.2) is 52.0 Å². The Morgan fingerprint density at radius 3 is 2.86 bits per heavy atom. The van der Waals surface area contributed by atoms with Gasteiger partial charge in [-0.05, 0) is 58.0 Å². The van der Waals surface area contributed by atoms with Gasteiger partial charge in [-0.3, -0.25) is 5.43 Å². The minimum absolute atomic E-state index is 0.319. The summed E-state index contributed by atoms with van der Waals surface area (Å²) in [4.78, 5) is 0. The highest BCUT2D eigenvalue weighted by Gasteiger charge is 1.99. The fraction of sp³-hybridized carbons (Fsp3) is 0.0667. The molecule has 0 spiro atoms. The summed E-state index contributed by atoms with van der Waals surface area (Å²) in [6.07, 6.45) is 1.55. The minimum atomic E-state index is -0.319. The molecule has 0 aliphatic heterocycles. The number of hydrazone groups is 1. The summed E-state index contributed by atoms with van der Waals surface area (Å²) in [7, 11) is 1.60. The molecule has 22 heavy (non-hydrogen) atoms. The number of anilines is 1. The van der Waals surface area contributed by atoms with Gasteiger partial charge in [-0.1, -0.05) is 12.1 Å². The highest BCUT2D eigenvalue weighted by atomic mass is 79.9. The number of nitrogens with one attached hydrogen (secondary N) is 2. The van der Waals surface area contributed by atoms with Crippen LogP contribution in [0.2, 0.25) is 0 Å². The van der Waals surface area contributed by atoms with E-state index in [0.29, 0.717) is 9.59 Å². The van der Waals surface area contributed by atoms with E-state index in [2.05, 4.69) is 31.8 Å². The van der Waals surface area contributed by atoms with E-state index in [0.717, 1.165) is 17.0 Å². The van der Waals surface area contributed by atoms with Gasteiger partial charge in [0.05, 0.1) is 17.8 Å². The molecule has 0 saturated heterocycles. The highest BCUT2D eigenvalue weighted by molar-refractivity contribution is 9.10. The molecule has 0 aliphatic rings. The molecule has 0 aliphatic carbocycles. The van der Waals surface area contributed by atoms with Crippen LogP contribution in [0.5, 0.6) is 5.75 Å². The quantitative estimate of drug-likeness (QED) is 0.478. The Kier molecular flexibility index (Phi) is 5.85. The van der Waals surface area contributed by atoms with Crippen LogP contribution in [-0.4, -0.2) is 18.4 Å². The number of nitrogens with zero attached hydrogens (tertiary/aromatic N) is 1. The third-order valence-electron chi connectivity index (χ3n) is 2.65. The van der Waals surface area contributed by atoms with Crippen LogP contribution in [0.3, 0.4) is 0 Å². The lowest BCUT2D eigenvalue weighted by atomic mass is 10.2. The molecule has 0 unspecified atom stereocenters. The first-order valence-electron chi connectivity index (χ1n) is 6.27. The summed E-state index contributed by atoms with van der Waals surface area (Å²) in [5.41, 5.74) is 4.22. The molecule has 0 saturated carbocycles. The van der Waals surface area contributed by atoms with E-state index in [4.69, 9.17) is 17.0 Å². The van der Waals surface area contributed by atoms with Gasteiger partial charge in [0.25, 0.3) is 0 Å². The number of thiocarbonyl (C=S) groups is 1. The molecule has 2 aromatic rings. The average Bonchev–Trinajstić information content (AvgIpc) is 2.51. The predicted octanol–water partition coefficient (Wildman–Crippen LogP) is 3.92. The standard InChI is InChI=1S/C15H13BrFN3OS/c1-21-12-4-2-3-11(8-12)19-15(22)20-18-9-10-5-6-14(17)13(16)7-10/h2-9H,1H3,(H2,19,20,22)/b18-9-. The molecule has 2 aromatic carbocycles. The van der Waals surface area contributed by atoms with Crippen LogP contribution in [0.1, 0.15) is 5.56 Å². The summed E-state index contributed by atoms with van der Waals surface area (Å²) >= 11 is 8.25. The molecule has 0 amide bonds. The fourth-order valence-electron chi connectivity index (χ4n) is 1.62. The van der Waals surface area contributed by atoms with Gasteiger partial charge in [-0.2, -0.15) is 5.10 Å². The third kappa shape index (κ3) is 4.78. The second-order valence-electron chi connectivity index (χ2n) is 4.23. The minimum Gasteiger partial charge on any atom is -0.497 e. The van der Waals surface area contributed by atoms with E-state index >= 15 is 0 Å². The fourth-order valence-corrected chi connectivity index (χ4v) is 2.19. The van der Waals surface area contributed by atoms with Crippen molar-refractivity contribution in [1.29, 1.82) is 0 Å². The maximum atomic E-state index is 13.1. The molecular formula is C15H13BrFN3OS. The maximum absolute atomic E-state index is 13.1. The van der Waals surface area contributed by atoms with Crippen molar-refractivity contribution in [1.82, 2.24) is 5.43 Å². The van der Waals surface area contributed by atoms with Gasteiger partial charge in [0.15, 0.2) is 5.11 Å². The van der Waals surface area contributed by atoms with Gasteiger partial charge >= 0.3 is 0 Å². The van der Waals surface area contributed by atoms with Gasteiger partial charge in [-0.15, -0.1) is 0 Å². The van der Waals surface area contributed by atoms with Crippen LogP contribution < -0.4 is 15.5 Å². The molecule has 0 fully saturated rings. The van der Waals surface area contributed by atoms with Crippen LogP contribution in [-0.2, 0) is 0 Å². The van der Waals surface area contributed by atoms with Crippen molar-refractivity contribution in [3.8, 4) is 5.75 Å². The van der Waals surface area contributed by atoms with Gasteiger partial charge in [0.2, 0.25) is 0 Å². The third-order valence-corrected chi connectivity index (χ3v) is 3.45. The largest absolute Gasteiger partial charge is 0.497 e. The van der Waals surface area contributed by atoms with Crippen LogP contribution >= 0.6 is 28.1 Å². The number of rotatable bonds is 4. The van der Waals surface area contributed by atoms with Crippen molar-refractivity contribution in [3.05, 3.63) is 58.3 Å². The van der Waals surface area contributed by atoms with E-state index in [1.807, 2.05) is 24.3 Å². The number of methoxy groups -OCH3 is 1. The van der Waals surface area contributed by atoms with Crippen molar-refractivity contribution in [2.24, 2.45) is 5.10 Å². The Balaban J connectivity index is 1.91. The van der Waals surface area contributed by atoms with Gasteiger partial charge in [-0.25, -0.2) is 4.39 Å². The van der Waals surface area contributed by atoms with Gasteiger partial charge in [0, 0.05) is 11.8 Å². The molecule has 2 rings (SSSR count). The zero-order chi connectivity index (χ0) is 15.9. The Morgan fingerprint density at radius 1 is 1.32 bits per heavy atom. The summed E-state index contributed by atoms with van der Waals surface area (Å²) < 4.78 is 18.6. The SMILES string of the molecule is COc1cccc(NC(=S)N/N=C\c2ccc(F)c(Br)c2)c1. The Bertz CT molecular complexity index is 709. The van der Waals surface area contributed by atoms with Crippen molar-refractivity contribution >= 4 is 45.2 Å². The number of benzene rings is 2. The van der Waals surface area contributed by atoms with Crippen molar-refractivity contribution in [2.45, 2.75) is 0 Å². The maximum Gasteiger partial charge on any atom is 0.191 e. The second-order valence-corrected chi connectivity index (χ2v) is 5.49. The predicted molar refractivity (Wildman–Crippen MR) is 94.0 cm³/mol. The molecule has 0 atom stereocenters. The molecule has 114 valence electrons. The van der Waals surface area contributed by atoms with E-state index in [-0.39, 0.29) is 5.82 Å².